The van der Waals surface area contributed by atoms with Crippen molar-refractivity contribution < 1.29 is 4.42 Å². The molecule has 0 saturated heterocycles. The summed E-state index contributed by atoms with van der Waals surface area (Å²) in [7, 11) is 0. The van der Waals surface area contributed by atoms with Crippen LogP contribution in [0.4, 0.5) is 17.1 Å². The predicted molar refractivity (Wildman–Crippen MR) is 222 cm³/mol. The maximum atomic E-state index is 6.25. The van der Waals surface area contributed by atoms with Crippen molar-refractivity contribution in [3.05, 3.63) is 175 Å². The van der Waals surface area contributed by atoms with Gasteiger partial charge in [-0.25, -0.2) is 0 Å². The smallest absolute Gasteiger partial charge is 0.135 e. The zero-order chi connectivity index (χ0) is 34.6. The van der Waals surface area contributed by atoms with Crippen molar-refractivity contribution >= 4 is 81.3 Å². The topological polar surface area (TPSA) is 16.4 Å². The molecule has 0 amide bonds. The summed E-state index contributed by atoms with van der Waals surface area (Å²) in [4.78, 5) is 2.39. The normalized spacial score (nSPS) is 13.3. The average Bonchev–Trinajstić information content (AvgIpc) is 3.83. The van der Waals surface area contributed by atoms with Gasteiger partial charge in [-0.3, -0.25) is 0 Å². The third-order valence-corrected chi connectivity index (χ3v) is 12.5. The molecule has 52 heavy (non-hydrogen) atoms. The Bertz CT molecular complexity index is 3050. The molecule has 11 rings (SSSR count). The number of benzene rings is 8. The van der Waals surface area contributed by atoms with E-state index in [2.05, 4.69) is 170 Å². The number of fused-ring (bicyclic) bond motifs is 11. The van der Waals surface area contributed by atoms with Crippen molar-refractivity contribution in [3.8, 4) is 22.3 Å². The Labute approximate surface area is 305 Å². The average molecular weight is 684 g/mol. The molecule has 3 heteroatoms. The Hall–Kier alpha value is -6.16. The minimum atomic E-state index is -0.0501. The van der Waals surface area contributed by atoms with E-state index in [-0.39, 0.29) is 5.41 Å². The highest BCUT2D eigenvalue weighted by Gasteiger charge is 2.35. The summed E-state index contributed by atoms with van der Waals surface area (Å²) in [6, 6.07) is 59.9. The van der Waals surface area contributed by atoms with Crippen LogP contribution >= 0.6 is 11.3 Å². The lowest BCUT2D eigenvalue weighted by Gasteiger charge is -2.27. The van der Waals surface area contributed by atoms with E-state index in [0.717, 1.165) is 39.0 Å². The van der Waals surface area contributed by atoms with Crippen LogP contribution in [0.15, 0.2) is 168 Å². The van der Waals surface area contributed by atoms with E-state index in [9.17, 15) is 0 Å². The van der Waals surface area contributed by atoms with Gasteiger partial charge < -0.3 is 9.32 Å². The van der Waals surface area contributed by atoms with Crippen LogP contribution in [0.25, 0.3) is 75.1 Å². The molecule has 2 aromatic heterocycles. The van der Waals surface area contributed by atoms with Crippen molar-refractivity contribution in [2.24, 2.45) is 0 Å². The highest BCUT2D eigenvalue weighted by atomic mass is 32.1. The lowest BCUT2D eigenvalue weighted by molar-refractivity contribution is 0.660. The van der Waals surface area contributed by atoms with Crippen LogP contribution in [0.3, 0.4) is 0 Å². The summed E-state index contributed by atoms with van der Waals surface area (Å²) < 4.78 is 8.90. The Morgan fingerprint density at radius 2 is 1.15 bits per heavy atom. The molecule has 10 aromatic rings. The van der Waals surface area contributed by atoms with Crippen LogP contribution in [0.1, 0.15) is 25.0 Å². The van der Waals surface area contributed by atoms with E-state index >= 15 is 0 Å². The Morgan fingerprint density at radius 3 is 2.06 bits per heavy atom. The van der Waals surface area contributed by atoms with Gasteiger partial charge in [-0.2, -0.15) is 0 Å². The van der Waals surface area contributed by atoms with E-state index in [1.807, 2.05) is 23.5 Å². The molecule has 246 valence electrons. The summed E-state index contributed by atoms with van der Waals surface area (Å²) in [5.41, 5.74) is 12.9. The first-order valence-electron chi connectivity index (χ1n) is 17.9. The van der Waals surface area contributed by atoms with E-state index in [4.69, 9.17) is 4.42 Å². The van der Waals surface area contributed by atoms with E-state index in [1.165, 1.54) is 64.3 Å². The minimum absolute atomic E-state index is 0.0501. The Morgan fingerprint density at radius 1 is 0.481 bits per heavy atom. The first-order valence-corrected chi connectivity index (χ1v) is 18.7. The fraction of sp³-hybridized carbons (Fsp3) is 0.0612. The van der Waals surface area contributed by atoms with Gasteiger partial charge in [0.1, 0.15) is 11.2 Å². The fourth-order valence-electron chi connectivity index (χ4n) is 8.73. The van der Waals surface area contributed by atoms with Crippen molar-refractivity contribution in [1.29, 1.82) is 0 Å². The SMILES string of the molecule is CC1(C)c2ccccc2-c2cc(N(c3ccc(-c4cccc5c4sc4ccc6ccccc6c45)cc3)c3ccc4oc5ccccc5c4c3)ccc21. The van der Waals surface area contributed by atoms with Crippen molar-refractivity contribution in [1.82, 2.24) is 0 Å². The molecule has 0 unspecified atom stereocenters. The number of furan rings is 1. The second kappa shape index (κ2) is 10.9. The lowest BCUT2D eigenvalue weighted by Crippen LogP contribution is -2.15. The molecule has 0 atom stereocenters. The summed E-state index contributed by atoms with van der Waals surface area (Å²) in [6.45, 7) is 4.68. The van der Waals surface area contributed by atoms with Gasteiger partial charge in [0, 0.05) is 53.4 Å². The van der Waals surface area contributed by atoms with Crippen LogP contribution < -0.4 is 4.90 Å². The monoisotopic (exact) mass is 683 g/mol. The number of rotatable bonds is 4. The number of hydrogen-bond donors (Lipinski definition) is 0. The van der Waals surface area contributed by atoms with Crippen molar-refractivity contribution in [2.75, 3.05) is 4.90 Å². The van der Waals surface area contributed by atoms with Gasteiger partial charge in [-0.1, -0.05) is 123 Å². The van der Waals surface area contributed by atoms with Gasteiger partial charge in [-0.05, 0) is 98.8 Å². The largest absolute Gasteiger partial charge is 0.456 e. The van der Waals surface area contributed by atoms with Crippen molar-refractivity contribution in [2.45, 2.75) is 19.3 Å². The minimum Gasteiger partial charge on any atom is -0.456 e. The van der Waals surface area contributed by atoms with E-state index in [1.54, 1.807) is 0 Å². The van der Waals surface area contributed by atoms with E-state index < -0.39 is 0 Å². The number of para-hydroxylation sites is 1. The molecule has 8 aromatic carbocycles. The fourth-order valence-corrected chi connectivity index (χ4v) is 9.99. The molecular weight excluding hydrogens is 651 g/mol. The Balaban J connectivity index is 1.08. The molecular formula is C49H33NOS. The second-order valence-electron chi connectivity index (χ2n) is 14.5. The molecule has 0 saturated carbocycles. The number of nitrogens with zero attached hydrogens (tertiary/aromatic N) is 1. The Kier molecular flexibility index (Phi) is 6.21. The molecule has 2 heterocycles. The third kappa shape index (κ3) is 4.23. The zero-order valence-corrected chi connectivity index (χ0v) is 29.7. The maximum Gasteiger partial charge on any atom is 0.135 e. The summed E-state index contributed by atoms with van der Waals surface area (Å²) in [5.74, 6) is 0. The molecule has 0 radical (unpaired) electrons. The van der Waals surface area contributed by atoms with Gasteiger partial charge in [0.25, 0.3) is 0 Å². The highest BCUT2D eigenvalue weighted by Crippen LogP contribution is 2.51. The lowest BCUT2D eigenvalue weighted by atomic mass is 9.82. The zero-order valence-electron chi connectivity index (χ0n) is 28.9. The second-order valence-corrected chi connectivity index (χ2v) is 15.6. The number of hydrogen-bond acceptors (Lipinski definition) is 3. The standard InChI is InChI=1S/C49H33NOS/c1-49(2)42-16-7-5-12-37(42)40-28-33(23-25-43(40)49)50(34-24-26-45-41(29-34)38-13-6-8-17-44(38)51-45)32-21-18-31(19-22-32)36-14-9-15-39-47-35-11-4-3-10-30(35)20-27-46(47)52-48(36)39/h3-29H,1-2H3. The molecule has 1 aliphatic carbocycles. The summed E-state index contributed by atoms with van der Waals surface area (Å²) in [6.07, 6.45) is 0. The van der Waals surface area contributed by atoms with Gasteiger partial charge in [-0.15, -0.1) is 11.3 Å². The van der Waals surface area contributed by atoms with Crippen molar-refractivity contribution in [3.63, 3.8) is 0 Å². The molecule has 0 fully saturated rings. The highest BCUT2D eigenvalue weighted by molar-refractivity contribution is 7.26. The first kappa shape index (κ1) is 29.6. The molecule has 0 N–H and O–H groups in total. The molecule has 0 bridgehead atoms. The van der Waals surface area contributed by atoms with Crippen LogP contribution in [-0.4, -0.2) is 0 Å². The maximum absolute atomic E-state index is 6.25. The molecule has 0 spiro atoms. The van der Waals surface area contributed by atoms with Crippen LogP contribution in [0.2, 0.25) is 0 Å². The van der Waals surface area contributed by atoms with Crippen LogP contribution in [0.5, 0.6) is 0 Å². The predicted octanol–water partition coefficient (Wildman–Crippen LogP) is 14.6. The van der Waals surface area contributed by atoms with Crippen LogP contribution in [-0.2, 0) is 5.41 Å². The molecule has 0 aliphatic heterocycles. The summed E-state index contributed by atoms with van der Waals surface area (Å²) >= 11 is 1.89. The first-order chi connectivity index (χ1) is 25.5. The summed E-state index contributed by atoms with van der Waals surface area (Å²) in [5, 5.41) is 7.52. The van der Waals surface area contributed by atoms with Gasteiger partial charge >= 0.3 is 0 Å². The number of anilines is 3. The van der Waals surface area contributed by atoms with Gasteiger partial charge in [0.2, 0.25) is 0 Å². The quantitative estimate of drug-likeness (QED) is 0.184. The van der Waals surface area contributed by atoms with E-state index in [0.29, 0.717) is 0 Å². The van der Waals surface area contributed by atoms with Gasteiger partial charge in [0.15, 0.2) is 0 Å². The molecule has 2 nitrogen and oxygen atoms in total. The molecule has 1 aliphatic rings. The van der Waals surface area contributed by atoms with Gasteiger partial charge in [0.05, 0.1) is 0 Å². The number of thiophene rings is 1. The van der Waals surface area contributed by atoms with Crippen LogP contribution in [0, 0.1) is 0 Å². The third-order valence-electron chi connectivity index (χ3n) is 11.3.